The third-order valence-electron chi connectivity index (χ3n) is 6.98. The number of benzene rings is 1. The molecule has 182 valence electrons. The van der Waals surface area contributed by atoms with Gasteiger partial charge < -0.3 is 14.7 Å². The summed E-state index contributed by atoms with van der Waals surface area (Å²) in [5.41, 5.74) is 2.36. The minimum absolute atomic E-state index is 0.0673. The van der Waals surface area contributed by atoms with Gasteiger partial charge in [0, 0.05) is 49.9 Å². The van der Waals surface area contributed by atoms with Gasteiger partial charge in [-0.05, 0) is 63.1 Å². The molecule has 1 unspecified atom stereocenters. The van der Waals surface area contributed by atoms with Crippen LogP contribution in [0.5, 0.6) is 0 Å². The maximum absolute atomic E-state index is 13.6. The fourth-order valence-electron chi connectivity index (χ4n) is 5.03. The van der Waals surface area contributed by atoms with Crippen molar-refractivity contribution in [1.29, 1.82) is 10.5 Å². The van der Waals surface area contributed by atoms with Crippen LogP contribution in [0.2, 0.25) is 0 Å². The Bertz CT molecular complexity index is 1340. The Morgan fingerprint density at radius 3 is 2.36 bits per heavy atom. The highest BCUT2D eigenvalue weighted by molar-refractivity contribution is 5.66. The van der Waals surface area contributed by atoms with Crippen molar-refractivity contribution >= 4 is 17.6 Å². The second kappa shape index (κ2) is 9.79. The normalized spacial score (nSPS) is 19.8. The molecule has 0 aliphatic carbocycles. The molecule has 2 atom stereocenters. The summed E-state index contributed by atoms with van der Waals surface area (Å²) in [6.07, 6.45) is 2.20. The first-order valence-corrected chi connectivity index (χ1v) is 12.2. The zero-order chi connectivity index (χ0) is 25.2. The lowest BCUT2D eigenvalue weighted by Gasteiger charge is -2.41. The number of nitrogens with zero attached hydrogens (tertiary/aromatic N) is 8. The van der Waals surface area contributed by atoms with Crippen LogP contribution in [-0.4, -0.2) is 53.2 Å². The largest absolute Gasteiger partial charge is 0.352 e. The van der Waals surface area contributed by atoms with Crippen molar-refractivity contribution in [2.45, 2.75) is 38.8 Å². The monoisotopic (exact) mass is 482 g/mol. The van der Waals surface area contributed by atoms with Gasteiger partial charge in [0.1, 0.15) is 35.3 Å². The molecule has 2 fully saturated rings. The van der Waals surface area contributed by atoms with E-state index in [1.165, 1.54) is 12.1 Å². The van der Waals surface area contributed by atoms with Crippen LogP contribution in [0.25, 0.3) is 11.3 Å². The van der Waals surface area contributed by atoms with Gasteiger partial charge in [-0.25, -0.2) is 14.4 Å². The molecule has 2 aromatic heterocycles. The first-order chi connectivity index (χ1) is 17.5. The summed E-state index contributed by atoms with van der Waals surface area (Å²) < 4.78 is 13.6. The molecule has 9 heteroatoms. The van der Waals surface area contributed by atoms with Gasteiger partial charge in [0.2, 0.25) is 5.95 Å². The van der Waals surface area contributed by atoms with Crippen LogP contribution in [0.15, 0.2) is 42.5 Å². The Kier molecular flexibility index (Phi) is 6.39. The van der Waals surface area contributed by atoms with E-state index in [9.17, 15) is 14.9 Å². The van der Waals surface area contributed by atoms with Crippen LogP contribution >= 0.6 is 0 Å². The van der Waals surface area contributed by atoms with E-state index in [4.69, 9.17) is 9.97 Å². The maximum atomic E-state index is 13.6. The number of piperazine rings is 1. The van der Waals surface area contributed by atoms with Gasteiger partial charge in [0.25, 0.3) is 0 Å². The molecule has 0 bridgehead atoms. The predicted molar refractivity (Wildman–Crippen MR) is 136 cm³/mol. The number of anilines is 3. The van der Waals surface area contributed by atoms with Crippen molar-refractivity contribution in [2.75, 3.05) is 40.9 Å². The zero-order valence-corrected chi connectivity index (χ0v) is 20.4. The second-order valence-corrected chi connectivity index (χ2v) is 9.38. The smallest absolute Gasteiger partial charge is 0.228 e. The lowest BCUT2D eigenvalue weighted by atomic mass is 10.1. The first kappa shape index (κ1) is 23.5. The molecule has 2 saturated heterocycles. The Labute approximate surface area is 210 Å². The molecule has 0 N–H and O–H groups in total. The highest BCUT2D eigenvalue weighted by Crippen LogP contribution is 2.31. The van der Waals surface area contributed by atoms with Crippen molar-refractivity contribution in [1.82, 2.24) is 15.0 Å². The van der Waals surface area contributed by atoms with Crippen molar-refractivity contribution in [3.05, 3.63) is 59.5 Å². The molecule has 36 heavy (non-hydrogen) atoms. The number of pyridine rings is 1. The molecule has 0 radical (unpaired) electrons. The second-order valence-electron chi connectivity index (χ2n) is 9.38. The van der Waals surface area contributed by atoms with E-state index >= 15 is 0 Å². The first-order valence-electron chi connectivity index (χ1n) is 12.2. The number of nitriles is 2. The third kappa shape index (κ3) is 4.52. The quantitative estimate of drug-likeness (QED) is 0.548. The number of hydrogen-bond acceptors (Lipinski definition) is 8. The van der Waals surface area contributed by atoms with E-state index in [1.54, 1.807) is 24.3 Å². The lowest BCUT2D eigenvalue weighted by molar-refractivity contribution is 0.541. The van der Waals surface area contributed by atoms with Crippen LogP contribution in [0.3, 0.4) is 0 Å². The van der Waals surface area contributed by atoms with Gasteiger partial charge in [-0.2, -0.15) is 15.5 Å². The number of hydrogen-bond donors (Lipinski definition) is 0. The van der Waals surface area contributed by atoms with Crippen LogP contribution < -0.4 is 14.7 Å². The number of aromatic nitrogens is 3. The van der Waals surface area contributed by atoms with Gasteiger partial charge >= 0.3 is 0 Å². The minimum Gasteiger partial charge on any atom is -0.352 e. The Balaban J connectivity index is 1.47. The van der Waals surface area contributed by atoms with Crippen molar-refractivity contribution in [2.24, 2.45) is 0 Å². The Morgan fingerprint density at radius 2 is 1.69 bits per heavy atom. The lowest BCUT2D eigenvalue weighted by Crippen LogP contribution is -2.53. The zero-order valence-electron chi connectivity index (χ0n) is 20.4. The van der Waals surface area contributed by atoms with E-state index in [-0.39, 0.29) is 11.9 Å². The highest BCUT2D eigenvalue weighted by Gasteiger charge is 2.30. The summed E-state index contributed by atoms with van der Waals surface area (Å²) >= 11 is 0. The molecule has 2 aliphatic rings. The van der Waals surface area contributed by atoms with Gasteiger partial charge in [-0.15, -0.1) is 0 Å². The molecule has 4 heterocycles. The molecule has 5 rings (SSSR count). The van der Waals surface area contributed by atoms with Gasteiger partial charge in [-0.3, -0.25) is 0 Å². The molecule has 0 amide bonds. The highest BCUT2D eigenvalue weighted by atomic mass is 19.1. The molecule has 1 aromatic carbocycles. The number of rotatable bonds is 4. The topological polar surface area (TPSA) is 96.0 Å². The average molecular weight is 483 g/mol. The SMILES string of the molecule is CC1CCCN1c1nc(-c2ccc(F)cc2)cc(N2CCN(c3nc(C#N)ccc3C#N)C[C@H]2C)n1. The molecule has 8 nitrogen and oxygen atoms in total. The summed E-state index contributed by atoms with van der Waals surface area (Å²) in [6.45, 7) is 7.14. The Hall–Kier alpha value is -4.24. The summed E-state index contributed by atoms with van der Waals surface area (Å²) in [5.74, 6) is 1.78. The fourth-order valence-corrected chi connectivity index (χ4v) is 5.03. The minimum atomic E-state index is -0.281. The van der Waals surface area contributed by atoms with Gasteiger partial charge in [-0.1, -0.05) is 0 Å². The molecule has 0 saturated carbocycles. The van der Waals surface area contributed by atoms with E-state index in [1.807, 2.05) is 6.07 Å². The third-order valence-corrected chi connectivity index (χ3v) is 6.98. The maximum Gasteiger partial charge on any atom is 0.228 e. The van der Waals surface area contributed by atoms with Crippen molar-refractivity contribution in [3.8, 4) is 23.4 Å². The van der Waals surface area contributed by atoms with Crippen molar-refractivity contribution < 1.29 is 4.39 Å². The van der Waals surface area contributed by atoms with Gasteiger partial charge in [0.05, 0.1) is 11.3 Å². The van der Waals surface area contributed by atoms with Crippen molar-refractivity contribution in [3.63, 3.8) is 0 Å². The van der Waals surface area contributed by atoms with E-state index in [0.29, 0.717) is 48.7 Å². The van der Waals surface area contributed by atoms with Crippen LogP contribution in [0.4, 0.5) is 22.0 Å². The average Bonchev–Trinajstić information content (AvgIpc) is 3.34. The summed E-state index contributed by atoms with van der Waals surface area (Å²) in [7, 11) is 0. The molecule has 2 aliphatic heterocycles. The fraction of sp³-hybridized carbons (Fsp3) is 0.370. The molecular weight excluding hydrogens is 455 g/mol. The standard InChI is InChI=1S/C27H27FN8/c1-18-4-3-11-36(18)27-32-24(20-5-8-22(28)9-6-20)14-25(33-27)35-13-12-34(17-19(35)2)26-21(15-29)7-10-23(16-30)31-26/h5-10,14,18-19H,3-4,11-13,17H2,1-2H3/t18?,19-/m1/s1. The molecular formula is C27H27FN8. The Morgan fingerprint density at radius 1 is 0.889 bits per heavy atom. The summed E-state index contributed by atoms with van der Waals surface area (Å²) in [6, 6.07) is 16.3. The van der Waals surface area contributed by atoms with E-state index in [0.717, 1.165) is 36.5 Å². The van der Waals surface area contributed by atoms with Crippen LogP contribution in [0.1, 0.15) is 37.9 Å². The summed E-state index contributed by atoms with van der Waals surface area (Å²) in [5, 5.41) is 18.8. The predicted octanol–water partition coefficient (Wildman–Crippen LogP) is 4.12. The molecule has 3 aromatic rings. The van der Waals surface area contributed by atoms with Crippen LogP contribution in [0, 0.1) is 28.5 Å². The summed E-state index contributed by atoms with van der Waals surface area (Å²) in [4.78, 5) is 20.8. The number of halogens is 1. The van der Waals surface area contributed by atoms with E-state index in [2.05, 4.69) is 45.7 Å². The van der Waals surface area contributed by atoms with E-state index < -0.39 is 0 Å². The molecule has 0 spiro atoms. The van der Waals surface area contributed by atoms with Crippen LogP contribution in [-0.2, 0) is 0 Å². The van der Waals surface area contributed by atoms with Gasteiger partial charge in [0.15, 0.2) is 0 Å².